The summed E-state index contributed by atoms with van der Waals surface area (Å²) in [6, 6.07) is 0.567. The first-order valence-corrected chi connectivity index (χ1v) is 5.26. The molecule has 2 rings (SSSR count). The van der Waals surface area contributed by atoms with Crippen molar-refractivity contribution in [1.82, 2.24) is 0 Å². The minimum Gasteiger partial charge on any atom is -0.327 e. The highest BCUT2D eigenvalue weighted by Gasteiger charge is 2.51. The predicted octanol–water partition coefficient (Wildman–Crippen LogP) is 2.41. The first kappa shape index (κ1) is 8.55. The Morgan fingerprint density at radius 3 is 2.25 bits per heavy atom. The Kier molecular flexibility index (Phi) is 1.76. The van der Waals surface area contributed by atoms with Gasteiger partial charge < -0.3 is 5.73 Å². The van der Waals surface area contributed by atoms with E-state index in [1.54, 1.807) is 0 Å². The standard InChI is InChI=1S/C11H21N/c1-11(2,3)7-4-5-8-9(6-7)10(8)12/h7-10H,4-6,12H2,1-3H3/t7?,8-,9+,10?/m0/s1. The van der Waals surface area contributed by atoms with Crippen molar-refractivity contribution in [3.05, 3.63) is 0 Å². The quantitative estimate of drug-likeness (QED) is 0.589. The molecule has 0 aromatic carbocycles. The van der Waals surface area contributed by atoms with Crippen LogP contribution in [0.4, 0.5) is 0 Å². The topological polar surface area (TPSA) is 26.0 Å². The summed E-state index contributed by atoms with van der Waals surface area (Å²) in [6.45, 7) is 7.10. The van der Waals surface area contributed by atoms with Crippen molar-refractivity contribution in [2.45, 2.75) is 46.1 Å². The Labute approximate surface area is 75.7 Å². The second-order valence-corrected chi connectivity index (χ2v) is 5.78. The number of fused-ring (bicyclic) bond motifs is 1. The van der Waals surface area contributed by atoms with Gasteiger partial charge in [-0.25, -0.2) is 0 Å². The lowest BCUT2D eigenvalue weighted by molar-refractivity contribution is 0.173. The summed E-state index contributed by atoms with van der Waals surface area (Å²) >= 11 is 0. The van der Waals surface area contributed by atoms with Crippen molar-refractivity contribution in [2.24, 2.45) is 28.9 Å². The molecule has 2 N–H and O–H groups in total. The molecule has 0 bridgehead atoms. The maximum Gasteiger partial charge on any atom is 0.0102 e. The van der Waals surface area contributed by atoms with Crippen molar-refractivity contribution < 1.29 is 0 Å². The number of hydrogen-bond donors (Lipinski definition) is 1. The Balaban J connectivity index is 1.96. The summed E-state index contributed by atoms with van der Waals surface area (Å²) in [5.74, 6) is 2.72. The lowest BCUT2D eigenvalue weighted by Crippen LogP contribution is -2.23. The van der Waals surface area contributed by atoms with E-state index in [-0.39, 0.29) is 0 Å². The molecule has 0 saturated heterocycles. The Bertz CT molecular complexity index is 180. The fraction of sp³-hybridized carbons (Fsp3) is 1.00. The first-order chi connectivity index (χ1) is 5.50. The van der Waals surface area contributed by atoms with Crippen LogP contribution in [-0.2, 0) is 0 Å². The van der Waals surface area contributed by atoms with E-state index in [1.165, 1.54) is 19.3 Å². The molecule has 2 unspecified atom stereocenters. The molecule has 2 fully saturated rings. The molecule has 2 aliphatic rings. The highest BCUT2D eigenvalue weighted by molar-refractivity contribution is 5.05. The van der Waals surface area contributed by atoms with E-state index in [0.717, 1.165) is 17.8 Å². The molecule has 0 aliphatic heterocycles. The van der Waals surface area contributed by atoms with Crippen LogP contribution in [0, 0.1) is 23.2 Å². The van der Waals surface area contributed by atoms with Crippen LogP contribution < -0.4 is 5.73 Å². The van der Waals surface area contributed by atoms with E-state index in [2.05, 4.69) is 20.8 Å². The monoisotopic (exact) mass is 167 g/mol. The second-order valence-electron chi connectivity index (χ2n) is 5.78. The Morgan fingerprint density at radius 1 is 1.08 bits per heavy atom. The van der Waals surface area contributed by atoms with Gasteiger partial charge in [0.2, 0.25) is 0 Å². The molecule has 0 radical (unpaired) electrons. The van der Waals surface area contributed by atoms with Gasteiger partial charge in [0.25, 0.3) is 0 Å². The molecule has 4 atom stereocenters. The van der Waals surface area contributed by atoms with Gasteiger partial charge in [0.1, 0.15) is 0 Å². The molecule has 70 valence electrons. The summed E-state index contributed by atoms with van der Waals surface area (Å²) in [4.78, 5) is 0. The number of nitrogens with two attached hydrogens (primary N) is 1. The van der Waals surface area contributed by atoms with Crippen LogP contribution in [0.15, 0.2) is 0 Å². The third kappa shape index (κ3) is 1.28. The van der Waals surface area contributed by atoms with Crippen molar-refractivity contribution in [3.8, 4) is 0 Å². The van der Waals surface area contributed by atoms with Crippen molar-refractivity contribution in [3.63, 3.8) is 0 Å². The molecular weight excluding hydrogens is 146 g/mol. The van der Waals surface area contributed by atoms with Crippen LogP contribution in [0.3, 0.4) is 0 Å². The van der Waals surface area contributed by atoms with Crippen LogP contribution in [0.2, 0.25) is 0 Å². The van der Waals surface area contributed by atoms with Crippen LogP contribution in [-0.4, -0.2) is 6.04 Å². The zero-order valence-electron chi connectivity index (χ0n) is 8.51. The van der Waals surface area contributed by atoms with Gasteiger partial charge in [0.05, 0.1) is 0 Å². The summed E-state index contributed by atoms with van der Waals surface area (Å²) in [7, 11) is 0. The minimum absolute atomic E-state index is 0.507. The molecule has 12 heavy (non-hydrogen) atoms. The number of rotatable bonds is 0. The second kappa shape index (κ2) is 2.47. The zero-order valence-corrected chi connectivity index (χ0v) is 8.51. The highest BCUT2D eigenvalue weighted by atomic mass is 14.8. The average Bonchev–Trinajstić information content (AvgIpc) is 2.61. The van der Waals surface area contributed by atoms with E-state index in [1.807, 2.05) is 0 Å². The Morgan fingerprint density at radius 2 is 1.75 bits per heavy atom. The molecule has 1 nitrogen and oxygen atoms in total. The third-order valence-electron chi connectivity index (χ3n) is 4.03. The lowest BCUT2D eigenvalue weighted by Gasteiger charge is -2.33. The van der Waals surface area contributed by atoms with Crippen molar-refractivity contribution in [1.29, 1.82) is 0 Å². The van der Waals surface area contributed by atoms with Gasteiger partial charge in [0, 0.05) is 6.04 Å². The van der Waals surface area contributed by atoms with E-state index >= 15 is 0 Å². The molecular formula is C11H21N. The molecule has 0 aromatic heterocycles. The summed E-state index contributed by atoms with van der Waals surface area (Å²) < 4.78 is 0. The first-order valence-electron chi connectivity index (χ1n) is 5.26. The maximum atomic E-state index is 5.98. The fourth-order valence-corrected chi connectivity index (χ4v) is 2.84. The van der Waals surface area contributed by atoms with Crippen LogP contribution in [0.25, 0.3) is 0 Å². The summed E-state index contributed by atoms with van der Waals surface area (Å²) in [5, 5.41) is 0. The maximum absolute atomic E-state index is 5.98. The Hall–Kier alpha value is -0.0400. The lowest BCUT2D eigenvalue weighted by atomic mass is 9.72. The summed E-state index contributed by atoms with van der Waals surface area (Å²) in [6.07, 6.45) is 4.21. The largest absolute Gasteiger partial charge is 0.327 e. The third-order valence-corrected chi connectivity index (χ3v) is 4.03. The highest BCUT2D eigenvalue weighted by Crippen LogP contribution is 2.53. The fourth-order valence-electron chi connectivity index (χ4n) is 2.84. The van der Waals surface area contributed by atoms with E-state index in [9.17, 15) is 0 Å². The summed E-state index contributed by atoms with van der Waals surface area (Å²) in [5.41, 5.74) is 6.48. The van der Waals surface area contributed by atoms with E-state index < -0.39 is 0 Å². The van der Waals surface area contributed by atoms with Crippen LogP contribution in [0.5, 0.6) is 0 Å². The van der Waals surface area contributed by atoms with Crippen molar-refractivity contribution >= 4 is 0 Å². The molecule has 0 spiro atoms. The molecule has 2 aliphatic carbocycles. The van der Waals surface area contributed by atoms with Gasteiger partial charge in [-0.3, -0.25) is 0 Å². The average molecular weight is 167 g/mol. The van der Waals surface area contributed by atoms with Crippen LogP contribution >= 0.6 is 0 Å². The molecule has 2 saturated carbocycles. The SMILES string of the molecule is CC(C)(C)C1CC[C@@H]2C(N)[C@@H]2C1. The van der Waals surface area contributed by atoms with Gasteiger partial charge in [-0.05, 0) is 42.4 Å². The van der Waals surface area contributed by atoms with Crippen LogP contribution in [0.1, 0.15) is 40.0 Å². The molecule has 1 heteroatoms. The number of hydrogen-bond acceptors (Lipinski definition) is 1. The molecule has 0 aromatic rings. The van der Waals surface area contributed by atoms with Gasteiger partial charge in [-0.15, -0.1) is 0 Å². The smallest absolute Gasteiger partial charge is 0.0102 e. The zero-order chi connectivity index (χ0) is 8.93. The van der Waals surface area contributed by atoms with Gasteiger partial charge in [-0.1, -0.05) is 20.8 Å². The predicted molar refractivity (Wildman–Crippen MR) is 51.8 cm³/mol. The van der Waals surface area contributed by atoms with Gasteiger partial charge >= 0.3 is 0 Å². The normalized spacial score (nSPS) is 47.0. The molecule has 0 heterocycles. The van der Waals surface area contributed by atoms with Gasteiger partial charge in [-0.2, -0.15) is 0 Å². The van der Waals surface area contributed by atoms with Crippen molar-refractivity contribution in [2.75, 3.05) is 0 Å². The van der Waals surface area contributed by atoms with Gasteiger partial charge in [0.15, 0.2) is 0 Å². The minimum atomic E-state index is 0.507. The van der Waals surface area contributed by atoms with E-state index in [0.29, 0.717) is 11.5 Å². The molecule has 0 amide bonds. The van der Waals surface area contributed by atoms with E-state index in [4.69, 9.17) is 5.73 Å².